The molecule has 2 unspecified atom stereocenters. The van der Waals surface area contributed by atoms with Crippen molar-refractivity contribution >= 4 is 23.9 Å². The van der Waals surface area contributed by atoms with Crippen molar-refractivity contribution in [1.82, 2.24) is 0 Å². The number of aliphatic hydroxyl groups is 4. The van der Waals surface area contributed by atoms with Gasteiger partial charge in [0.1, 0.15) is 0 Å². The van der Waals surface area contributed by atoms with Gasteiger partial charge in [0.15, 0.2) is 11.2 Å². The van der Waals surface area contributed by atoms with Crippen molar-refractivity contribution in [3.05, 3.63) is 12.2 Å². The molecule has 0 amide bonds. The van der Waals surface area contributed by atoms with Gasteiger partial charge in [-0.2, -0.15) is 0 Å². The lowest BCUT2D eigenvalue weighted by Gasteiger charge is -2.23. The van der Waals surface area contributed by atoms with E-state index in [9.17, 15) is 39.6 Å². The van der Waals surface area contributed by atoms with E-state index in [0.29, 0.717) is 12.8 Å². The summed E-state index contributed by atoms with van der Waals surface area (Å²) in [5.74, 6) is -5.24. The highest BCUT2D eigenvalue weighted by Gasteiger charge is 2.40. The Labute approximate surface area is 271 Å². The number of ether oxygens (including phenoxy) is 2. The van der Waals surface area contributed by atoms with Crippen LogP contribution >= 0.6 is 0 Å². The Hall–Kier alpha value is -2.14. The summed E-state index contributed by atoms with van der Waals surface area (Å²) >= 11 is 0. The average molecular weight is 643 g/mol. The molecule has 262 valence electrons. The van der Waals surface area contributed by atoms with Crippen molar-refractivity contribution in [1.29, 1.82) is 0 Å². The lowest BCUT2D eigenvalue weighted by Crippen LogP contribution is -2.45. The topological polar surface area (TPSA) is 168 Å². The number of carbonyl (C=O) groups is 4. The second-order valence-corrected chi connectivity index (χ2v) is 12.5. The first-order valence-electron chi connectivity index (χ1n) is 17.4. The van der Waals surface area contributed by atoms with Gasteiger partial charge in [-0.3, -0.25) is 4.79 Å². The largest absolute Gasteiger partial charge is 0.393 e. The molecular weight excluding hydrogens is 580 g/mol. The van der Waals surface area contributed by atoms with Crippen molar-refractivity contribution in [3.8, 4) is 0 Å². The summed E-state index contributed by atoms with van der Waals surface area (Å²) in [6.45, 7) is 5.86. The Bertz CT molecular complexity index is 857. The molecule has 0 rings (SSSR count). The molecule has 0 spiro atoms. The minimum absolute atomic E-state index is 0.0948. The smallest absolute Gasteiger partial charge is 0.348 e. The molecule has 0 aliphatic heterocycles. The maximum absolute atomic E-state index is 12.4. The van der Waals surface area contributed by atoms with E-state index in [4.69, 9.17) is 0 Å². The van der Waals surface area contributed by atoms with Crippen LogP contribution in [0.5, 0.6) is 0 Å². The van der Waals surface area contributed by atoms with Crippen molar-refractivity contribution in [2.45, 2.75) is 173 Å². The number of carbonyl (C=O) groups excluding carboxylic acids is 4. The number of hydrogen-bond acceptors (Lipinski definition) is 10. The average Bonchev–Trinajstić information content (AvgIpc) is 3.02. The first kappa shape index (κ1) is 42.9. The quantitative estimate of drug-likeness (QED) is 0.0322. The zero-order valence-corrected chi connectivity index (χ0v) is 28.1. The Kier molecular flexibility index (Phi) is 24.7. The van der Waals surface area contributed by atoms with E-state index in [1.165, 1.54) is 64.2 Å². The molecule has 0 saturated carbocycles. The number of aliphatic hydroxyl groups excluding tert-OH is 2. The predicted octanol–water partition coefficient (Wildman–Crippen LogP) is 6.14. The molecule has 10 heteroatoms. The normalized spacial score (nSPS) is 13.9. The molecule has 10 nitrogen and oxygen atoms in total. The molecule has 0 radical (unpaired) electrons. The van der Waals surface area contributed by atoms with Crippen molar-refractivity contribution < 1.29 is 49.1 Å². The van der Waals surface area contributed by atoms with Crippen LogP contribution in [-0.4, -0.2) is 68.7 Å². The lowest BCUT2D eigenvalue weighted by atomic mass is 9.96. The molecule has 0 aliphatic carbocycles. The van der Waals surface area contributed by atoms with Crippen LogP contribution in [0.4, 0.5) is 0 Å². The van der Waals surface area contributed by atoms with E-state index in [2.05, 4.69) is 29.9 Å². The van der Waals surface area contributed by atoms with E-state index < -0.39 is 60.3 Å². The van der Waals surface area contributed by atoms with Gasteiger partial charge in [0.05, 0.1) is 19.6 Å². The van der Waals surface area contributed by atoms with Crippen molar-refractivity contribution in [3.63, 3.8) is 0 Å². The van der Waals surface area contributed by atoms with Crippen LogP contribution < -0.4 is 0 Å². The molecular formula is C35H62O10. The lowest BCUT2D eigenvalue weighted by molar-refractivity contribution is -0.180. The molecule has 4 N–H and O–H groups in total. The number of unbranched alkanes of at least 4 members (excludes halogenated alkanes) is 18. The van der Waals surface area contributed by atoms with Crippen LogP contribution in [0.2, 0.25) is 0 Å². The third-order valence-corrected chi connectivity index (χ3v) is 8.21. The van der Waals surface area contributed by atoms with E-state index in [-0.39, 0.29) is 12.8 Å². The summed E-state index contributed by atoms with van der Waals surface area (Å²) in [6.07, 6.45) is 19.8. The SMILES string of the molecule is C=C(CC(=O)OC(=O)C(O)(CO)CCCCCCCCCCCC)C(=O)OC(=O)C(O)(CO)CCCCCCCCCCCC. The van der Waals surface area contributed by atoms with Gasteiger partial charge in [0.2, 0.25) is 0 Å². The number of hydrogen-bond donors (Lipinski definition) is 4. The molecule has 0 aliphatic rings. The van der Waals surface area contributed by atoms with Crippen LogP contribution in [0.1, 0.15) is 162 Å². The molecule has 0 saturated heterocycles. The summed E-state index contributed by atoms with van der Waals surface area (Å²) in [7, 11) is 0. The monoisotopic (exact) mass is 642 g/mol. The molecule has 45 heavy (non-hydrogen) atoms. The van der Waals surface area contributed by atoms with Gasteiger partial charge in [-0.1, -0.05) is 136 Å². The van der Waals surface area contributed by atoms with Gasteiger partial charge in [0.25, 0.3) is 0 Å². The minimum Gasteiger partial charge on any atom is -0.393 e. The van der Waals surface area contributed by atoms with Gasteiger partial charge in [-0.15, -0.1) is 0 Å². The molecule has 0 fully saturated rings. The standard InChI is InChI=1S/C35H62O10/c1-4-6-8-10-12-14-16-18-20-22-24-34(42,27-36)32(40)44-30(38)26-29(3)31(39)45-33(41)35(43,28-37)25-23-21-19-17-15-13-11-9-7-5-2/h36-37,42-43H,3-28H2,1-2H3. The molecule has 0 aromatic rings. The van der Waals surface area contributed by atoms with Gasteiger partial charge >= 0.3 is 23.9 Å². The second-order valence-electron chi connectivity index (χ2n) is 12.5. The van der Waals surface area contributed by atoms with Crippen LogP contribution in [0.15, 0.2) is 12.2 Å². The molecule has 0 aromatic carbocycles. The first-order valence-corrected chi connectivity index (χ1v) is 17.4. The minimum atomic E-state index is -2.28. The van der Waals surface area contributed by atoms with Crippen LogP contribution in [0.25, 0.3) is 0 Å². The molecule has 0 bridgehead atoms. The Morgan fingerprint density at radius 1 is 0.533 bits per heavy atom. The van der Waals surface area contributed by atoms with Crippen LogP contribution in [0.3, 0.4) is 0 Å². The van der Waals surface area contributed by atoms with E-state index in [0.717, 1.165) is 51.4 Å². The van der Waals surface area contributed by atoms with Crippen molar-refractivity contribution in [2.24, 2.45) is 0 Å². The van der Waals surface area contributed by atoms with E-state index in [1.54, 1.807) is 0 Å². The maximum Gasteiger partial charge on any atom is 0.348 e. The second kappa shape index (κ2) is 26.0. The summed E-state index contributed by atoms with van der Waals surface area (Å²) in [5, 5.41) is 40.3. The summed E-state index contributed by atoms with van der Waals surface area (Å²) in [5.41, 5.74) is -5.07. The predicted molar refractivity (Wildman–Crippen MR) is 173 cm³/mol. The van der Waals surface area contributed by atoms with E-state index in [1.807, 2.05) is 0 Å². The fraction of sp³-hybridized carbons (Fsp3) is 0.829. The van der Waals surface area contributed by atoms with Crippen molar-refractivity contribution in [2.75, 3.05) is 13.2 Å². The summed E-state index contributed by atoms with van der Waals surface area (Å²) in [6, 6.07) is 0. The summed E-state index contributed by atoms with van der Waals surface area (Å²) < 4.78 is 9.30. The number of esters is 4. The Morgan fingerprint density at radius 2 is 0.844 bits per heavy atom. The van der Waals surface area contributed by atoms with Gasteiger partial charge in [-0.05, 0) is 25.7 Å². The zero-order valence-electron chi connectivity index (χ0n) is 28.1. The number of rotatable bonds is 29. The molecule has 0 aromatic heterocycles. The third kappa shape index (κ3) is 19.9. The summed E-state index contributed by atoms with van der Waals surface area (Å²) in [4.78, 5) is 49.4. The first-order chi connectivity index (χ1) is 21.5. The molecule has 2 atom stereocenters. The Balaban J connectivity index is 4.47. The molecule has 0 heterocycles. The fourth-order valence-corrected chi connectivity index (χ4v) is 5.03. The van der Waals surface area contributed by atoms with Crippen LogP contribution in [-0.2, 0) is 28.7 Å². The highest BCUT2D eigenvalue weighted by molar-refractivity contribution is 6.02. The van der Waals surface area contributed by atoms with Crippen LogP contribution in [0, 0.1) is 0 Å². The zero-order chi connectivity index (χ0) is 34.0. The van der Waals surface area contributed by atoms with E-state index >= 15 is 0 Å². The highest BCUT2D eigenvalue weighted by atomic mass is 16.6. The maximum atomic E-state index is 12.4. The Morgan fingerprint density at radius 3 is 1.18 bits per heavy atom. The fourth-order valence-electron chi connectivity index (χ4n) is 5.03. The van der Waals surface area contributed by atoms with Gasteiger partial charge in [0, 0.05) is 5.57 Å². The third-order valence-electron chi connectivity index (χ3n) is 8.21. The van der Waals surface area contributed by atoms with Gasteiger partial charge in [-0.25, -0.2) is 14.4 Å². The highest BCUT2D eigenvalue weighted by Crippen LogP contribution is 2.21. The van der Waals surface area contributed by atoms with Gasteiger partial charge < -0.3 is 29.9 Å².